The Bertz CT molecular complexity index is 813. The standard InChI is InChI=1S/C23H34O8/c1-20-9-16(26)19-15(23(20,30)5-3-14(20)12-6-18(28)31-10-12)2-4-21(29)8-13(25)7-17(27)22(19,21)11-24/h6,13-17,19,24-27,29-30H,2-5,7-11H2,1H3. The molecule has 5 aliphatic rings. The molecule has 0 aromatic rings. The van der Waals surface area contributed by atoms with Gasteiger partial charge in [0.05, 0.1) is 41.5 Å². The number of hydrogen-bond donors (Lipinski definition) is 6. The minimum atomic E-state index is -1.52. The van der Waals surface area contributed by atoms with Gasteiger partial charge < -0.3 is 35.4 Å². The molecule has 8 nitrogen and oxygen atoms in total. The molecule has 1 heterocycles. The van der Waals surface area contributed by atoms with E-state index < -0.39 is 58.8 Å². The number of hydrogen-bond acceptors (Lipinski definition) is 8. The van der Waals surface area contributed by atoms with Crippen LogP contribution in [0.4, 0.5) is 0 Å². The van der Waals surface area contributed by atoms with Crippen LogP contribution in [0.5, 0.6) is 0 Å². The average Bonchev–Trinajstić information content (AvgIpc) is 3.21. The Morgan fingerprint density at radius 3 is 2.52 bits per heavy atom. The van der Waals surface area contributed by atoms with E-state index in [1.807, 2.05) is 6.92 Å². The maximum Gasteiger partial charge on any atom is 0.331 e. The number of fused-ring (bicyclic) bond motifs is 5. The summed E-state index contributed by atoms with van der Waals surface area (Å²) < 4.78 is 5.11. The van der Waals surface area contributed by atoms with Gasteiger partial charge >= 0.3 is 5.97 Å². The Morgan fingerprint density at radius 1 is 1.13 bits per heavy atom. The van der Waals surface area contributed by atoms with Crippen molar-refractivity contribution in [3.05, 3.63) is 11.6 Å². The largest absolute Gasteiger partial charge is 0.458 e. The Morgan fingerprint density at radius 2 is 1.87 bits per heavy atom. The van der Waals surface area contributed by atoms with Crippen molar-refractivity contribution in [3.63, 3.8) is 0 Å². The van der Waals surface area contributed by atoms with Crippen molar-refractivity contribution < 1.29 is 40.2 Å². The Balaban J connectivity index is 1.58. The number of carbonyl (C=O) groups excluding carboxylic acids is 1. The summed E-state index contributed by atoms with van der Waals surface area (Å²) in [5, 5.41) is 67.0. The zero-order valence-corrected chi connectivity index (χ0v) is 17.9. The van der Waals surface area contributed by atoms with Crippen LogP contribution in [0.25, 0.3) is 0 Å². The molecule has 0 saturated heterocycles. The lowest BCUT2D eigenvalue weighted by Gasteiger charge is -2.68. The van der Waals surface area contributed by atoms with Gasteiger partial charge in [-0.05, 0) is 49.5 Å². The van der Waals surface area contributed by atoms with Gasteiger partial charge in [-0.2, -0.15) is 0 Å². The lowest BCUT2D eigenvalue weighted by atomic mass is 9.40. The first-order valence-corrected chi connectivity index (χ1v) is 11.5. The monoisotopic (exact) mass is 438 g/mol. The maximum atomic E-state index is 12.1. The second kappa shape index (κ2) is 6.74. The van der Waals surface area contributed by atoms with Crippen LogP contribution >= 0.6 is 0 Å². The molecule has 10 unspecified atom stereocenters. The van der Waals surface area contributed by atoms with E-state index >= 15 is 0 Å². The molecule has 0 amide bonds. The van der Waals surface area contributed by atoms with Crippen LogP contribution in [0.3, 0.4) is 0 Å². The molecule has 4 aliphatic carbocycles. The van der Waals surface area contributed by atoms with E-state index in [-0.39, 0.29) is 44.2 Å². The normalized spacial score (nSPS) is 56.4. The highest BCUT2D eigenvalue weighted by atomic mass is 16.5. The highest BCUT2D eigenvalue weighted by Gasteiger charge is 2.75. The summed E-state index contributed by atoms with van der Waals surface area (Å²) in [5.74, 6) is -1.62. The molecular formula is C23H34O8. The summed E-state index contributed by atoms with van der Waals surface area (Å²) in [6.07, 6.45) is 0.531. The zero-order valence-electron chi connectivity index (χ0n) is 17.9. The molecule has 0 bridgehead atoms. The van der Waals surface area contributed by atoms with Gasteiger partial charge in [0.15, 0.2) is 0 Å². The molecule has 31 heavy (non-hydrogen) atoms. The van der Waals surface area contributed by atoms with E-state index in [1.165, 1.54) is 6.08 Å². The summed E-state index contributed by atoms with van der Waals surface area (Å²) in [4.78, 5) is 11.7. The van der Waals surface area contributed by atoms with E-state index in [1.54, 1.807) is 0 Å². The summed E-state index contributed by atoms with van der Waals surface area (Å²) in [6, 6.07) is 0. The number of aliphatic hydroxyl groups is 6. The molecule has 6 N–H and O–H groups in total. The van der Waals surface area contributed by atoms with E-state index in [9.17, 15) is 35.4 Å². The first-order valence-electron chi connectivity index (χ1n) is 11.5. The highest BCUT2D eigenvalue weighted by Crippen LogP contribution is 2.70. The van der Waals surface area contributed by atoms with Crippen molar-refractivity contribution in [1.29, 1.82) is 0 Å². The maximum absolute atomic E-state index is 12.1. The number of cyclic esters (lactones) is 1. The SMILES string of the molecule is CC12CC(O)C3C(CCC4(O)CC(O)CC(O)C34CO)C1(O)CCC2C1=CC(=O)OC1. The number of carbonyl (C=O) groups is 1. The lowest BCUT2D eigenvalue weighted by Crippen LogP contribution is -2.75. The third kappa shape index (κ3) is 2.55. The molecule has 10 atom stereocenters. The fraction of sp³-hybridized carbons (Fsp3) is 0.870. The zero-order chi connectivity index (χ0) is 22.4. The molecule has 174 valence electrons. The minimum Gasteiger partial charge on any atom is -0.458 e. The molecular weight excluding hydrogens is 404 g/mol. The van der Waals surface area contributed by atoms with Crippen LogP contribution in [0.15, 0.2) is 11.6 Å². The topological polar surface area (TPSA) is 148 Å². The number of esters is 1. The second-order valence-corrected chi connectivity index (χ2v) is 11.0. The van der Waals surface area contributed by atoms with E-state index in [0.29, 0.717) is 19.3 Å². The van der Waals surface area contributed by atoms with Gasteiger partial charge in [0.2, 0.25) is 0 Å². The molecule has 0 spiro atoms. The van der Waals surface area contributed by atoms with Crippen molar-refractivity contribution in [2.45, 2.75) is 81.4 Å². The van der Waals surface area contributed by atoms with Crippen molar-refractivity contribution >= 4 is 5.97 Å². The molecule has 0 aromatic carbocycles. The van der Waals surface area contributed by atoms with Crippen LogP contribution in [0.1, 0.15) is 51.9 Å². The molecule has 4 saturated carbocycles. The van der Waals surface area contributed by atoms with Crippen LogP contribution in [-0.4, -0.2) is 79.3 Å². The quantitative estimate of drug-likeness (QED) is 0.320. The van der Waals surface area contributed by atoms with Crippen molar-refractivity contribution in [3.8, 4) is 0 Å². The molecule has 8 heteroatoms. The van der Waals surface area contributed by atoms with Gasteiger partial charge in [-0.15, -0.1) is 0 Å². The predicted molar refractivity (Wildman–Crippen MR) is 107 cm³/mol. The molecule has 1 aliphatic heterocycles. The molecule has 0 aromatic heterocycles. The van der Waals surface area contributed by atoms with Gasteiger partial charge in [-0.25, -0.2) is 4.79 Å². The summed E-state index contributed by atoms with van der Waals surface area (Å²) in [6.45, 7) is 1.64. The second-order valence-electron chi connectivity index (χ2n) is 11.0. The first kappa shape index (κ1) is 21.8. The van der Waals surface area contributed by atoms with E-state index in [4.69, 9.17) is 4.74 Å². The summed E-state index contributed by atoms with van der Waals surface area (Å²) in [5.41, 5.74) is -3.95. The predicted octanol–water partition coefficient (Wildman–Crippen LogP) is -0.367. The fourth-order valence-corrected chi connectivity index (χ4v) is 8.69. The summed E-state index contributed by atoms with van der Waals surface area (Å²) in [7, 11) is 0. The van der Waals surface area contributed by atoms with E-state index in [0.717, 1.165) is 5.57 Å². The fourth-order valence-electron chi connectivity index (χ4n) is 8.69. The molecule has 5 rings (SSSR count). The lowest BCUT2D eigenvalue weighted by molar-refractivity contribution is -0.317. The minimum absolute atomic E-state index is 0.0173. The van der Waals surface area contributed by atoms with Gasteiger partial charge in [-0.1, -0.05) is 6.92 Å². The highest BCUT2D eigenvalue weighted by molar-refractivity contribution is 5.85. The Labute approximate surface area is 181 Å². The van der Waals surface area contributed by atoms with Gasteiger partial charge in [-0.3, -0.25) is 0 Å². The number of aliphatic hydroxyl groups excluding tert-OH is 4. The number of ether oxygens (including phenoxy) is 1. The van der Waals surface area contributed by atoms with Crippen molar-refractivity contribution in [2.24, 2.45) is 28.6 Å². The van der Waals surface area contributed by atoms with E-state index in [2.05, 4.69) is 0 Å². The van der Waals surface area contributed by atoms with Crippen molar-refractivity contribution in [2.75, 3.05) is 13.2 Å². The smallest absolute Gasteiger partial charge is 0.331 e. The Kier molecular flexibility index (Phi) is 4.74. The van der Waals surface area contributed by atoms with Gasteiger partial charge in [0, 0.05) is 30.3 Å². The van der Waals surface area contributed by atoms with Gasteiger partial charge in [0.25, 0.3) is 0 Å². The molecule has 0 radical (unpaired) electrons. The van der Waals surface area contributed by atoms with Crippen LogP contribution in [0.2, 0.25) is 0 Å². The first-order chi connectivity index (χ1) is 14.5. The average molecular weight is 439 g/mol. The van der Waals surface area contributed by atoms with Crippen LogP contribution in [0, 0.1) is 28.6 Å². The van der Waals surface area contributed by atoms with Crippen molar-refractivity contribution in [1.82, 2.24) is 0 Å². The third-order valence-corrected chi connectivity index (χ3v) is 10.1. The Hall–Kier alpha value is -1.03. The number of rotatable bonds is 2. The van der Waals surface area contributed by atoms with Crippen LogP contribution < -0.4 is 0 Å². The van der Waals surface area contributed by atoms with Gasteiger partial charge in [0.1, 0.15) is 6.61 Å². The molecule has 4 fully saturated rings. The summed E-state index contributed by atoms with van der Waals surface area (Å²) >= 11 is 0. The third-order valence-electron chi connectivity index (χ3n) is 10.1. The van der Waals surface area contributed by atoms with Crippen LogP contribution in [-0.2, 0) is 9.53 Å².